The third kappa shape index (κ3) is 3.70. The maximum Gasteiger partial charge on any atom is 0.413 e. The van der Waals surface area contributed by atoms with E-state index < -0.39 is 17.2 Å². The zero-order valence-corrected chi connectivity index (χ0v) is 16.5. The number of thioether (sulfide) groups is 1. The van der Waals surface area contributed by atoms with Crippen LogP contribution >= 0.6 is 11.8 Å². The Labute approximate surface area is 162 Å². The van der Waals surface area contributed by atoms with E-state index in [0.29, 0.717) is 22.9 Å². The van der Waals surface area contributed by atoms with Crippen molar-refractivity contribution in [3.63, 3.8) is 0 Å². The molecule has 1 fully saturated rings. The molecule has 2 heterocycles. The van der Waals surface area contributed by atoms with Gasteiger partial charge in [0.1, 0.15) is 11.4 Å². The van der Waals surface area contributed by atoms with Gasteiger partial charge in [-0.05, 0) is 33.3 Å². The highest BCUT2D eigenvalue weighted by Crippen LogP contribution is 2.47. The van der Waals surface area contributed by atoms with Gasteiger partial charge in [-0.25, -0.2) is 14.2 Å². The number of ether oxygens (including phenoxy) is 1. The maximum atomic E-state index is 14.7. The fourth-order valence-electron chi connectivity index (χ4n) is 3.72. The lowest BCUT2D eigenvalue weighted by molar-refractivity contribution is -0.0774. The number of hydrogen-bond donors (Lipinski definition) is 2. The van der Waals surface area contributed by atoms with E-state index in [9.17, 15) is 19.4 Å². The van der Waals surface area contributed by atoms with E-state index in [1.807, 2.05) is 0 Å². The van der Waals surface area contributed by atoms with Crippen LogP contribution in [-0.2, 0) is 10.3 Å². The molecule has 148 valence electrons. The third-order valence-corrected chi connectivity index (χ3v) is 6.17. The summed E-state index contributed by atoms with van der Waals surface area (Å²) in [5, 5.41) is 19.6. The zero-order valence-electron chi connectivity index (χ0n) is 15.7. The van der Waals surface area contributed by atoms with Crippen LogP contribution in [0.4, 0.5) is 9.18 Å². The zero-order chi connectivity index (χ0) is 19.8. The Balaban J connectivity index is 2.13. The van der Waals surface area contributed by atoms with Gasteiger partial charge in [0.15, 0.2) is 5.17 Å². The molecule has 0 radical (unpaired) electrons. The van der Waals surface area contributed by atoms with Gasteiger partial charge < -0.3 is 14.9 Å². The smallest absolute Gasteiger partial charge is 0.413 e. The van der Waals surface area contributed by atoms with Crippen molar-refractivity contribution in [2.24, 2.45) is 10.9 Å². The van der Waals surface area contributed by atoms with E-state index >= 15 is 0 Å². The van der Waals surface area contributed by atoms with Gasteiger partial charge in [0, 0.05) is 22.8 Å². The van der Waals surface area contributed by atoms with Crippen molar-refractivity contribution in [3.8, 4) is 0 Å². The van der Waals surface area contributed by atoms with Gasteiger partial charge in [-0.1, -0.05) is 30.0 Å². The minimum atomic E-state index is -1.10. The summed E-state index contributed by atoms with van der Waals surface area (Å²) in [6, 6.07) is 6.43. The average molecular weight is 396 g/mol. The van der Waals surface area contributed by atoms with Crippen molar-refractivity contribution in [3.05, 3.63) is 35.6 Å². The number of carboxylic acid groups (broad SMARTS) is 1. The monoisotopic (exact) mass is 396 g/mol. The van der Waals surface area contributed by atoms with E-state index in [1.54, 1.807) is 39.0 Å². The van der Waals surface area contributed by atoms with Crippen molar-refractivity contribution in [1.29, 1.82) is 0 Å². The van der Waals surface area contributed by atoms with Gasteiger partial charge in [0.25, 0.3) is 0 Å². The molecule has 0 bridgehead atoms. The Hall–Kier alpha value is -1.64. The van der Waals surface area contributed by atoms with Crippen molar-refractivity contribution < 1.29 is 24.1 Å². The van der Waals surface area contributed by atoms with Crippen LogP contribution in [0.2, 0.25) is 0 Å². The Morgan fingerprint density at radius 2 is 2.15 bits per heavy atom. The molecule has 0 aromatic heterocycles. The number of hydrogen-bond acceptors (Lipinski definition) is 5. The van der Waals surface area contributed by atoms with Crippen LogP contribution in [0.15, 0.2) is 29.3 Å². The van der Waals surface area contributed by atoms with Crippen LogP contribution in [0.25, 0.3) is 0 Å². The molecule has 3 rings (SSSR count). The number of carbonyl (C=O) groups is 1. The first-order chi connectivity index (χ1) is 12.7. The van der Waals surface area contributed by atoms with Crippen LogP contribution in [-0.4, -0.2) is 57.0 Å². The Kier molecular flexibility index (Phi) is 5.52. The SMILES string of the molecule is CC(C)(C)N(C(=O)O)C1=N[C@@]2(c3ccccc3F)CO[C@@H](CO)C[C@H]2CS1. The Morgan fingerprint density at radius 3 is 2.74 bits per heavy atom. The standard InChI is InChI=1S/C19H25FN2O4S/c1-18(2,3)22(17(24)25)16-21-19(14-6-4-5-7-15(14)20)11-26-13(9-23)8-12(19)10-27-16/h4-7,12-13,23H,8-11H2,1-3H3,(H,24,25)/t12-,13+,19-/m0/s1. The second-order valence-corrected chi connectivity index (χ2v) is 8.93. The summed E-state index contributed by atoms with van der Waals surface area (Å²) in [7, 11) is 0. The lowest BCUT2D eigenvalue weighted by Gasteiger charge is -2.48. The van der Waals surface area contributed by atoms with E-state index in [2.05, 4.69) is 0 Å². The highest BCUT2D eigenvalue weighted by Gasteiger charge is 2.51. The minimum absolute atomic E-state index is 0.0651. The molecule has 1 saturated heterocycles. The molecule has 1 amide bonds. The van der Waals surface area contributed by atoms with Gasteiger partial charge in [0.2, 0.25) is 0 Å². The molecule has 27 heavy (non-hydrogen) atoms. The first-order valence-corrected chi connectivity index (χ1v) is 9.91. The number of rotatable bonds is 2. The van der Waals surface area contributed by atoms with Gasteiger partial charge in [0.05, 0.1) is 19.3 Å². The minimum Gasteiger partial charge on any atom is -0.465 e. The second-order valence-electron chi connectivity index (χ2n) is 7.95. The molecular weight excluding hydrogens is 371 g/mol. The number of fused-ring (bicyclic) bond motifs is 1. The molecule has 2 aliphatic heterocycles. The number of nitrogens with zero attached hydrogens (tertiary/aromatic N) is 2. The summed E-state index contributed by atoms with van der Waals surface area (Å²) in [4.78, 5) is 17.9. The summed E-state index contributed by atoms with van der Waals surface area (Å²) in [5.41, 5.74) is -1.29. The molecular formula is C19H25FN2O4S. The van der Waals surface area contributed by atoms with E-state index in [1.165, 1.54) is 22.7 Å². The summed E-state index contributed by atoms with van der Waals surface area (Å²) < 4.78 is 20.5. The molecule has 2 N–H and O–H groups in total. The van der Waals surface area contributed by atoms with Gasteiger partial charge >= 0.3 is 6.09 Å². The molecule has 1 aromatic rings. The van der Waals surface area contributed by atoms with Crippen LogP contribution in [0.3, 0.4) is 0 Å². The number of aliphatic hydroxyl groups is 1. The van der Waals surface area contributed by atoms with Gasteiger partial charge in [-0.3, -0.25) is 4.90 Å². The first-order valence-electron chi connectivity index (χ1n) is 8.92. The number of benzene rings is 1. The number of aliphatic imine (C=N–C) groups is 1. The second kappa shape index (κ2) is 7.41. The molecule has 1 aromatic carbocycles. The lowest BCUT2D eigenvalue weighted by atomic mass is 9.75. The highest BCUT2D eigenvalue weighted by atomic mass is 32.2. The summed E-state index contributed by atoms with van der Waals surface area (Å²) in [6.45, 7) is 5.39. The number of aliphatic hydroxyl groups excluding tert-OH is 1. The summed E-state index contributed by atoms with van der Waals surface area (Å²) >= 11 is 1.36. The molecule has 3 atom stereocenters. The van der Waals surface area contributed by atoms with Crippen molar-refractivity contribution in [2.45, 2.75) is 44.4 Å². The average Bonchev–Trinajstić information content (AvgIpc) is 2.60. The molecule has 8 heteroatoms. The fraction of sp³-hybridized carbons (Fsp3) is 0.579. The molecule has 0 saturated carbocycles. The van der Waals surface area contributed by atoms with Crippen molar-refractivity contribution >= 4 is 23.0 Å². The fourth-order valence-corrected chi connectivity index (χ4v) is 5.19. The van der Waals surface area contributed by atoms with E-state index in [-0.39, 0.29) is 31.1 Å². The van der Waals surface area contributed by atoms with Crippen LogP contribution in [0.5, 0.6) is 0 Å². The lowest BCUT2D eigenvalue weighted by Crippen LogP contribution is -2.55. The predicted octanol–water partition coefficient (Wildman–Crippen LogP) is 3.30. The van der Waals surface area contributed by atoms with E-state index in [4.69, 9.17) is 9.73 Å². The molecule has 6 nitrogen and oxygen atoms in total. The number of amides is 1. The molecule has 2 aliphatic rings. The normalized spacial score (nSPS) is 28.3. The molecule has 0 unspecified atom stereocenters. The van der Waals surface area contributed by atoms with Crippen molar-refractivity contribution in [1.82, 2.24) is 4.90 Å². The van der Waals surface area contributed by atoms with Gasteiger partial charge in [-0.15, -0.1) is 0 Å². The number of halogens is 1. The topological polar surface area (TPSA) is 82.4 Å². The summed E-state index contributed by atoms with van der Waals surface area (Å²) in [5.74, 6) is 0.123. The molecule has 0 aliphatic carbocycles. The van der Waals surface area contributed by atoms with Crippen LogP contribution in [0, 0.1) is 11.7 Å². The van der Waals surface area contributed by atoms with E-state index in [0.717, 1.165) is 0 Å². The van der Waals surface area contributed by atoms with Crippen LogP contribution < -0.4 is 0 Å². The number of amidine groups is 1. The largest absolute Gasteiger partial charge is 0.465 e. The van der Waals surface area contributed by atoms with Crippen LogP contribution in [0.1, 0.15) is 32.8 Å². The first kappa shape index (κ1) is 20.1. The third-order valence-electron chi connectivity index (χ3n) is 5.07. The molecule has 0 spiro atoms. The maximum absolute atomic E-state index is 14.7. The van der Waals surface area contributed by atoms with Gasteiger partial charge in [-0.2, -0.15) is 0 Å². The van der Waals surface area contributed by atoms with Crippen molar-refractivity contribution in [2.75, 3.05) is 19.0 Å². The Morgan fingerprint density at radius 1 is 1.44 bits per heavy atom. The Bertz CT molecular complexity index is 751. The highest BCUT2D eigenvalue weighted by molar-refractivity contribution is 8.13. The quantitative estimate of drug-likeness (QED) is 0.802. The summed E-state index contributed by atoms with van der Waals surface area (Å²) in [6.07, 6.45) is -0.872. The predicted molar refractivity (Wildman–Crippen MR) is 103 cm³/mol.